The average molecular weight is 323 g/mol. The molecule has 0 spiro atoms. The van der Waals surface area contributed by atoms with E-state index in [0.29, 0.717) is 24.2 Å². The summed E-state index contributed by atoms with van der Waals surface area (Å²) in [4.78, 5) is 27.2. The standard InChI is InChI=1S/C18H17N3O3/c1-12(22)21-15-5-3-14(4-6-15)18(23)19-9-8-13-2-7-17-16(10-13)20-11-24-17/h2-7,10-11H,8-9H2,1H3,(H,19,23)(H,21,22). The van der Waals surface area contributed by atoms with Crippen molar-refractivity contribution in [2.45, 2.75) is 13.3 Å². The number of nitrogens with one attached hydrogen (secondary N) is 2. The van der Waals surface area contributed by atoms with Gasteiger partial charge in [-0.1, -0.05) is 6.07 Å². The van der Waals surface area contributed by atoms with Crippen LogP contribution in [0.1, 0.15) is 22.8 Å². The van der Waals surface area contributed by atoms with Crippen molar-refractivity contribution in [3.63, 3.8) is 0 Å². The fraction of sp³-hybridized carbons (Fsp3) is 0.167. The lowest BCUT2D eigenvalue weighted by Gasteiger charge is -2.07. The monoisotopic (exact) mass is 323 g/mol. The number of hydrogen-bond acceptors (Lipinski definition) is 4. The molecule has 0 fully saturated rings. The number of aromatic nitrogens is 1. The molecule has 2 amide bonds. The first-order valence-corrected chi connectivity index (χ1v) is 7.60. The summed E-state index contributed by atoms with van der Waals surface area (Å²) >= 11 is 0. The van der Waals surface area contributed by atoms with Gasteiger partial charge in [0.15, 0.2) is 12.0 Å². The van der Waals surface area contributed by atoms with Crippen LogP contribution >= 0.6 is 0 Å². The van der Waals surface area contributed by atoms with Gasteiger partial charge in [0.1, 0.15) is 5.52 Å². The van der Waals surface area contributed by atoms with Crippen molar-refractivity contribution in [1.82, 2.24) is 10.3 Å². The van der Waals surface area contributed by atoms with E-state index < -0.39 is 0 Å². The van der Waals surface area contributed by atoms with E-state index in [9.17, 15) is 9.59 Å². The maximum atomic E-state index is 12.1. The van der Waals surface area contributed by atoms with Crippen molar-refractivity contribution in [3.05, 3.63) is 60.0 Å². The lowest BCUT2D eigenvalue weighted by atomic mass is 10.1. The van der Waals surface area contributed by atoms with Crippen molar-refractivity contribution >= 4 is 28.6 Å². The topological polar surface area (TPSA) is 84.2 Å². The Morgan fingerprint density at radius 3 is 2.67 bits per heavy atom. The molecule has 24 heavy (non-hydrogen) atoms. The molecule has 0 saturated carbocycles. The molecule has 122 valence electrons. The molecular weight excluding hydrogens is 306 g/mol. The number of benzene rings is 2. The second-order valence-electron chi connectivity index (χ2n) is 5.42. The van der Waals surface area contributed by atoms with Gasteiger partial charge in [0.05, 0.1) is 0 Å². The van der Waals surface area contributed by atoms with E-state index in [0.717, 1.165) is 16.7 Å². The fourth-order valence-corrected chi connectivity index (χ4v) is 2.39. The number of hydrogen-bond donors (Lipinski definition) is 2. The van der Waals surface area contributed by atoms with E-state index in [4.69, 9.17) is 4.42 Å². The first-order valence-electron chi connectivity index (χ1n) is 7.60. The number of fused-ring (bicyclic) bond motifs is 1. The molecule has 3 aromatic rings. The highest BCUT2D eigenvalue weighted by Crippen LogP contribution is 2.14. The van der Waals surface area contributed by atoms with E-state index in [1.165, 1.54) is 13.3 Å². The Labute approximate surface area is 138 Å². The maximum absolute atomic E-state index is 12.1. The Hall–Kier alpha value is -3.15. The Morgan fingerprint density at radius 2 is 1.92 bits per heavy atom. The van der Waals surface area contributed by atoms with Crippen LogP contribution in [0.2, 0.25) is 0 Å². The Bertz CT molecular complexity index is 869. The van der Waals surface area contributed by atoms with Gasteiger partial charge in [0.2, 0.25) is 5.91 Å². The highest BCUT2D eigenvalue weighted by molar-refractivity contribution is 5.95. The predicted octanol–water partition coefficient (Wildman–Crippen LogP) is 2.76. The van der Waals surface area contributed by atoms with Crippen LogP contribution in [0.25, 0.3) is 11.1 Å². The third kappa shape index (κ3) is 3.78. The van der Waals surface area contributed by atoms with Gasteiger partial charge in [-0.15, -0.1) is 0 Å². The first-order chi connectivity index (χ1) is 11.6. The summed E-state index contributed by atoms with van der Waals surface area (Å²) in [6, 6.07) is 12.6. The third-order valence-corrected chi connectivity index (χ3v) is 3.56. The van der Waals surface area contributed by atoms with Crippen molar-refractivity contribution in [3.8, 4) is 0 Å². The van der Waals surface area contributed by atoms with E-state index in [1.54, 1.807) is 24.3 Å². The minimum atomic E-state index is -0.146. The Balaban J connectivity index is 1.54. The second kappa shape index (κ2) is 6.95. The maximum Gasteiger partial charge on any atom is 0.251 e. The molecule has 2 N–H and O–H groups in total. The van der Waals surface area contributed by atoms with Gasteiger partial charge in [-0.3, -0.25) is 9.59 Å². The zero-order valence-electron chi connectivity index (χ0n) is 13.2. The molecule has 0 aliphatic carbocycles. The third-order valence-electron chi connectivity index (χ3n) is 3.56. The number of nitrogens with zero attached hydrogens (tertiary/aromatic N) is 1. The molecular formula is C18H17N3O3. The van der Waals surface area contributed by atoms with Crippen LogP contribution in [0, 0.1) is 0 Å². The van der Waals surface area contributed by atoms with Gasteiger partial charge in [-0.05, 0) is 48.4 Å². The van der Waals surface area contributed by atoms with Gasteiger partial charge in [-0.25, -0.2) is 4.98 Å². The zero-order chi connectivity index (χ0) is 16.9. The normalized spacial score (nSPS) is 10.5. The number of oxazole rings is 1. The summed E-state index contributed by atoms with van der Waals surface area (Å²) in [5, 5.41) is 5.54. The molecule has 0 saturated heterocycles. The van der Waals surface area contributed by atoms with Gasteiger partial charge in [-0.2, -0.15) is 0 Å². The van der Waals surface area contributed by atoms with Crippen LogP contribution in [0.5, 0.6) is 0 Å². The fourth-order valence-electron chi connectivity index (χ4n) is 2.39. The molecule has 1 heterocycles. The van der Waals surface area contributed by atoms with Crippen molar-refractivity contribution in [2.24, 2.45) is 0 Å². The van der Waals surface area contributed by atoms with E-state index in [-0.39, 0.29) is 11.8 Å². The second-order valence-corrected chi connectivity index (χ2v) is 5.42. The number of carbonyl (C=O) groups is 2. The van der Waals surface area contributed by atoms with Crippen molar-refractivity contribution in [2.75, 3.05) is 11.9 Å². The van der Waals surface area contributed by atoms with E-state index in [1.807, 2.05) is 18.2 Å². The SMILES string of the molecule is CC(=O)Nc1ccc(C(=O)NCCc2ccc3ocnc3c2)cc1. The molecule has 0 aliphatic heterocycles. The summed E-state index contributed by atoms with van der Waals surface area (Å²) in [6.07, 6.45) is 2.12. The van der Waals surface area contributed by atoms with Crippen LogP contribution in [0.4, 0.5) is 5.69 Å². The summed E-state index contributed by atoms with van der Waals surface area (Å²) < 4.78 is 5.20. The van der Waals surface area contributed by atoms with Crippen LogP contribution in [0.15, 0.2) is 53.3 Å². The van der Waals surface area contributed by atoms with Gasteiger partial charge in [0, 0.05) is 24.7 Å². The summed E-state index contributed by atoms with van der Waals surface area (Å²) in [5.74, 6) is -0.289. The lowest BCUT2D eigenvalue weighted by molar-refractivity contribution is -0.114. The van der Waals surface area contributed by atoms with Crippen LogP contribution in [-0.2, 0) is 11.2 Å². The first kappa shape index (κ1) is 15.7. The number of anilines is 1. The van der Waals surface area contributed by atoms with Crippen molar-refractivity contribution < 1.29 is 14.0 Å². The molecule has 6 heteroatoms. The molecule has 6 nitrogen and oxygen atoms in total. The quantitative estimate of drug-likeness (QED) is 0.756. The summed E-state index contributed by atoms with van der Waals surface area (Å²) in [7, 11) is 0. The minimum absolute atomic E-state index is 0.142. The smallest absolute Gasteiger partial charge is 0.251 e. The molecule has 0 atom stereocenters. The number of amides is 2. The molecule has 0 bridgehead atoms. The Morgan fingerprint density at radius 1 is 1.12 bits per heavy atom. The predicted molar refractivity (Wildman–Crippen MR) is 90.8 cm³/mol. The molecule has 1 aromatic heterocycles. The van der Waals surface area contributed by atoms with Gasteiger partial charge in [0.25, 0.3) is 5.91 Å². The molecule has 0 unspecified atom stereocenters. The highest BCUT2D eigenvalue weighted by Gasteiger charge is 2.06. The number of carbonyl (C=O) groups excluding carboxylic acids is 2. The van der Waals surface area contributed by atoms with Crippen LogP contribution in [0.3, 0.4) is 0 Å². The van der Waals surface area contributed by atoms with Crippen LogP contribution in [-0.4, -0.2) is 23.3 Å². The Kier molecular flexibility index (Phi) is 4.56. The zero-order valence-corrected chi connectivity index (χ0v) is 13.2. The minimum Gasteiger partial charge on any atom is -0.443 e. The van der Waals surface area contributed by atoms with Gasteiger partial charge >= 0.3 is 0 Å². The average Bonchev–Trinajstić information content (AvgIpc) is 3.02. The largest absolute Gasteiger partial charge is 0.443 e. The molecule has 0 aliphatic rings. The lowest BCUT2D eigenvalue weighted by Crippen LogP contribution is -2.25. The summed E-state index contributed by atoms with van der Waals surface area (Å²) in [5.41, 5.74) is 3.86. The molecule has 2 aromatic carbocycles. The highest BCUT2D eigenvalue weighted by atomic mass is 16.3. The van der Waals surface area contributed by atoms with Gasteiger partial charge < -0.3 is 15.1 Å². The van der Waals surface area contributed by atoms with E-state index in [2.05, 4.69) is 15.6 Å². The molecule has 3 rings (SSSR count). The van der Waals surface area contributed by atoms with Crippen LogP contribution < -0.4 is 10.6 Å². The number of rotatable bonds is 5. The summed E-state index contributed by atoms with van der Waals surface area (Å²) in [6.45, 7) is 1.96. The molecule has 0 radical (unpaired) electrons. The van der Waals surface area contributed by atoms with Crippen molar-refractivity contribution in [1.29, 1.82) is 0 Å². The van der Waals surface area contributed by atoms with E-state index >= 15 is 0 Å².